The lowest BCUT2D eigenvalue weighted by Crippen LogP contribution is -2.49. The van der Waals surface area contributed by atoms with Gasteiger partial charge < -0.3 is 15.2 Å². The predicted octanol–water partition coefficient (Wildman–Crippen LogP) is 1.81. The molecule has 0 aliphatic carbocycles. The van der Waals surface area contributed by atoms with E-state index in [2.05, 4.69) is 21.2 Å². The van der Waals surface area contributed by atoms with Crippen molar-refractivity contribution in [2.45, 2.75) is 13.0 Å². The van der Waals surface area contributed by atoms with Gasteiger partial charge in [0, 0.05) is 4.47 Å². The maximum atomic E-state index is 13.7. The summed E-state index contributed by atoms with van der Waals surface area (Å²) in [4.78, 5) is 23.3. The SMILES string of the molecule is CC1(C(=O)O)COCC1NC(=O)c1ccc(Br)cc1F. The number of halogens is 2. The maximum absolute atomic E-state index is 13.7. The van der Waals surface area contributed by atoms with Crippen molar-refractivity contribution in [1.29, 1.82) is 0 Å². The summed E-state index contributed by atoms with van der Waals surface area (Å²) < 4.78 is 19.3. The normalized spacial score (nSPS) is 25.4. The Kier molecular flexibility index (Phi) is 4.10. The first-order valence-electron chi connectivity index (χ1n) is 5.91. The van der Waals surface area contributed by atoms with Gasteiger partial charge in [-0.25, -0.2) is 4.39 Å². The smallest absolute Gasteiger partial charge is 0.313 e. The Balaban J connectivity index is 2.17. The van der Waals surface area contributed by atoms with Gasteiger partial charge in [0.05, 0.1) is 24.8 Å². The van der Waals surface area contributed by atoms with Crippen LogP contribution in [0.25, 0.3) is 0 Å². The molecule has 1 aliphatic heterocycles. The highest BCUT2D eigenvalue weighted by atomic mass is 79.9. The van der Waals surface area contributed by atoms with Crippen molar-refractivity contribution < 1.29 is 23.8 Å². The summed E-state index contributed by atoms with van der Waals surface area (Å²) in [6.07, 6.45) is 0. The average molecular weight is 346 g/mol. The van der Waals surface area contributed by atoms with Gasteiger partial charge in [-0.15, -0.1) is 0 Å². The first kappa shape index (κ1) is 14.9. The minimum absolute atomic E-state index is 0.0100. The molecule has 108 valence electrons. The first-order chi connectivity index (χ1) is 9.34. The second-order valence-electron chi connectivity index (χ2n) is 4.89. The summed E-state index contributed by atoms with van der Waals surface area (Å²) in [5, 5.41) is 11.7. The monoisotopic (exact) mass is 345 g/mol. The zero-order valence-corrected chi connectivity index (χ0v) is 12.2. The molecule has 1 fully saturated rings. The molecule has 1 aromatic rings. The van der Waals surface area contributed by atoms with Crippen molar-refractivity contribution in [3.63, 3.8) is 0 Å². The van der Waals surface area contributed by atoms with Gasteiger partial charge in [-0.1, -0.05) is 15.9 Å². The molecular formula is C13H13BrFNO4. The van der Waals surface area contributed by atoms with E-state index in [1.165, 1.54) is 19.1 Å². The summed E-state index contributed by atoms with van der Waals surface area (Å²) in [5.74, 6) is -2.39. The lowest BCUT2D eigenvalue weighted by molar-refractivity contribution is -0.148. The Morgan fingerprint density at radius 2 is 2.25 bits per heavy atom. The number of aliphatic carboxylic acids is 1. The van der Waals surface area contributed by atoms with E-state index in [1.54, 1.807) is 6.07 Å². The molecule has 1 saturated heterocycles. The number of benzene rings is 1. The van der Waals surface area contributed by atoms with Crippen molar-refractivity contribution >= 4 is 27.8 Å². The molecule has 1 aliphatic rings. The van der Waals surface area contributed by atoms with Gasteiger partial charge in [-0.3, -0.25) is 9.59 Å². The lowest BCUT2D eigenvalue weighted by atomic mass is 9.85. The number of amides is 1. The van der Waals surface area contributed by atoms with E-state index in [0.717, 1.165) is 0 Å². The zero-order valence-electron chi connectivity index (χ0n) is 10.7. The van der Waals surface area contributed by atoms with E-state index in [9.17, 15) is 19.1 Å². The second-order valence-corrected chi connectivity index (χ2v) is 5.80. The van der Waals surface area contributed by atoms with E-state index in [1.807, 2.05) is 0 Å². The quantitative estimate of drug-likeness (QED) is 0.875. The summed E-state index contributed by atoms with van der Waals surface area (Å²) in [6.45, 7) is 1.59. The summed E-state index contributed by atoms with van der Waals surface area (Å²) in [7, 11) is 0. The van der Waals surface area contributed by atoms with Crippen LogP contribution in [0.4, 0.5) is 4.39 Å². The van der Waals surface area contributed by atoms with Crippen molar-refractivity contribution in [2.75, 3.05) is 13.2 Å². The highest BCUT2D eigenvalue weighted by Gasteiger charge is 2.47. The fourth-order valence-electron chi connectivity index (χ4n) is 1.99. The van der Waals surface area contributed by atoms with Crippen LogP contribution in [0.2, 0.25) is 0 Å². The summed E-state index contributed by atoms with van der Waals surface area (Å²) in [5.41, 5.74) is -1.34. The van der Waals surface area contributed by atoms with Crippen LogP contribution in [0.15, 0.2) is 22.7 Å². The molecule has 0 saturated carbocycles. The van der Waals surface area contributed by atoms with Gasteiger partial charge in [0.1, 0.15) is 11.2 Å². The van der Waals surface area contributed by atoms with Gasteiger partial charge in [-0.2, -0.15) is 0 Å². The third-order valence-electron chi connectivity index (χ3n) is 3.43. The van der Waals surface area contributed by atoms with E-state index in [0.29, 0.717) is 4.47 Å². The zero-order chi connectivity index (χ0) is 14.9. The van der Waals surface area contributed by atoms with Crippen LogP contribution in [0.5, 0.6) is 0 Å². The molecule has 20 heavy (non-hydrogen) atoms. The molecule has 0 radical (unpaired) electrons. The number of hydrogen-bond acceptors (Lipinski definition) is 3. The molecule has 0 aromatic heterocycles. The Bertz CT molecular complexity index is 565. The van der Waals surface area contributed by atoms with Gasteiger partial charge >= 0.3 is 5.97 Å². The number of carbonyl (C=O) groups is 2. The second kappa shape index (κ2) is 5.49. The molecule has 1 aromatic carbocycles. The molecule has 7 heteroatoms. The molecular weight excluding hydrogens is 333 g/mol. The summed E-state index contributed by atoms with van der Waals surface area (Å²) in [6, 6.07) is 3.36. The number of carboxylic acids is 1. The number of carboxylic acid groups (broad SMARTS) is 1. The third kappa shape index (κ3) is 2.69. The predicted molar refractivity (Wildman–Crippen MR) is 71.9 cm³/mol. The average Bonchev–Trinajstić information content (AvgIpc) is 2.72. The van der Waals surface area contributed by atoms with Gasteiger partial charge in [-0.05, 0) is 25.1 Å². The minimum atomic E-state index is -1.21. The van der Waals surface area contributed by atoms with E-state index in [4.69, 9.17) is 4.74 Å². The fraction of sp³-hybridized carbons (Fsp3) is 0.385. The Morgan fingerprint density at radius 1 is 1.55 bits per heavy atom. The molecule has 2 atom stereocenters. The molecule has 2 rings (SSSR count). The van der Waals surface area contributed by atoms with Crippen LogP contribution in [-0.4, -0.2) is 36.2 Å². The van der Waals surface area contributed by atoms with Crippen molar-refractivity contribution in [2.24, 2.45) is 5.41 Å². The van der Waals surface area contributed by atoms with Crippen LogP contribution < -0.4 is 5.32 Å². The molecule has 2 unspecified atom stereocenters. The Labute approximate surface area is 123 Å². The van der Waals surface area contributed by atoms with Crippen LogP contribution in [0, 0.1) is 11.2 Å². The fourth-order valence-corrected chi connectivity index (χ4v) is 2.33. The molecule has 1 heterocycles. The molecule has 0 spiro atoms. The maximum Gasteiger partial charge on any atom is 0.313 e. The van der Waals surface area contributed by atoms with E-state index >= 15 is 0 Å². The lowest BCUT2D eigenvalue weighted by Gasteiger charge is -2.25. The minimum Gasteiger partial charge on any atom is -0.481 e. The van der Waals surface area contributed by atoms with Crippen LogP contribution in [0.3, 0.4) is 0 Å². The van der Waals surface area contributed by atoms with Gasteiger partial charge in [0.15, 0.2) is 0 Å². The first-order valence-corrected chi connectivity index (χ1v) is 6.71. The van der Waals surface area contributed by atoms with Crippen molar-refractivity contribution in [3.05, 3.63) is 34.1 Å². The summed E-state index contributed by atoms with van der Waals surface area (Å²) >= 11 is 3.10. The van der Waals surface area contributed by atoms with Gasteiger partial charge in [0.25, 0.3) is 5.91 Å². The highest BCUT2D eigenvalue weighted by molar-refractivity contribution is 9.10. The number of nitrogens with one attached hydrogen (secondary N) is 1. The largest absolute Gasteiger partial charge is 0.481 e. The molecule has 1 amide bonds. The number of carbonyl (C=O) groups excluding carboxylic acids is 1. The molecule has 0 bridgehead atoms. The topological polar surface area (TPSA) is 75.6 Å². The van der Waals surface area contributed by atoms with Gasteiger partial charge in [0.2, 0.25) is 0 Å². The van der Waals surface area contributed by atoms with Crippen LogP contribution in [0.1, 0.15) is 17.3 Å². The number of rotatable bonds is 3. The third-order valence-corrected chi connectivity index (χ3v) is 3.92. The Hall–Kier alpha value is -1.47. The van der Waals surface area contributed by atoms with Crippen molar-refractivity contribution in [1.82, 2.24) is 5.32 Å². The van der Waals surface area contributed by atoms with Crippen LogP contribution in [-0.2, 0) is 9.53 Å². The standard InChI is InChI=1S/C13H13BrFNO4/c1-13(12(18)19)6-20-5-10(13)16-11(17)8-3-2-7(14)4-9(8)15/h2-4,10H,5-6H2,1H3,(H,16,17)(H,18,19). The molecule has 2 N–H and O–H groups in total. The van der Waals surface area contributed by atoms with Crippen LogP contribution >= 0.6 is 15.9 Å². The highest BCUT2D eigenvalue weighted by Crippen LogP contribution is 2.29. The van der Waals surface area contributed by atoms with E-state index in [-0.39, 0.29) is 18.8 Å². The van der Waals surface area contributed by atoms with E-state index < -0.39 is 29.2 Å². The van der Waals surface area contributed by atoms with Crippen molar-refractivity contribution in [3.8, 4) is 0 Å². The Morgan fingerprint density at radius 3 is 2.85 bits per heavy atom. The number of hydrogen-bond donors (Lipinski definition) is 2. The number of ether oxygens (including phenoxy) is 1. The molecule has 5 nitrogen and oxygen atoms in total.